The number of rotatable bonds is 5. The van der Waals surface area contributed by atoms with Gasteiger partial charge in [-0.2, -0.15) is 0 Å². The number of anilines is 2. The van der Waals surface area contributed by atoms with Gasteiger partial charge < -0.3 is 10.1 Å². The maximum atomic E-state index is 12.5. The number of ether oxygens (including phenoxy) is 1. The van der Waals surface area contributed by atoms with Crippen LogP contribution < -0.4 is 15.8 Å². The van der Waals surface area contributed by atoms with Gasteiger partial charge in [0.1, 0.15) is 5.70 Å². The monoisotopic (exact) mass is 399 g/mol. The van der Waals surface area contributed by atoms with Gasteiger partial charge in [-0.3, -0.25) is 15.0 Å². The molecule has 1 aliphatic heterocycles. The third-order valence-electron chi connectivity index (χ3n) is 3.95. The number of amides is 2. The van der Waals surface area contributed by atoms with Crippen LogP contribution in [0.5, 0.6) is 0 Å². The Morgan fingerprint density at radius 2 is 1.82 bits per heavy atom. The first-order chi connectivity index (χ1) is 13.5. The summed E-state index contributed by atoms with van der Waals surface area (Å²) in [6, 6.07) is 13.0. The van der Waals surface area contributed by atoms with Crippen molar-refractivity contribution in [2.45, 2.75) is 13.3 Å². The molecule has 0 saturated heterocycles. The van der Waals surface area contributed by atoms with Crippen LogP contribution in [0.3, 0.4) is 0 Å². The van der Waals surface area contributed by atoms with Crippen LogP contribution >= 0.6 is 11.6 Å². The molecule has 7 nitrogen and oxygen atoms in total. The van der Waals surface area contributed by atoms with Gasteiger partial charge in [0.2, 0.25) is 5.91 Å². The van der Waals surface area contributed by atoms with Crippen LogP contribution in [-0.2, 0) is 14.3 Å². The van der Waals surface area contributed by atoms with Gasteiger partial charge in [0.15, 0.2) is 0 Å². The van der Waals surface area contributed by atoms with Gasteiger partial charge in [-0.15, -0.1) is 0 Å². The number of nitrogens with one attached hydrogen (secondary N) is 2. The molecular weight excluding hydrogens is 382 g/mol. The second-order valence-electron chi connectivity index (χ2n) is 5.89. The number of benzene rings is 2. The highest BCUT2D eigenvalue weighted by Gasteiger charge is 2.24. The van der Waals surface area contributed by atoms with E-state index < -0.39 is 11.9 Å². The normalized spacial score (nSPS) is 13.4. The highest BCUT2D eigenvalue weighted by molar-refractivity contribution is 6.30. The average molecular weight is 400 g/mol. The summed E-state index contributed by atoms with van der Waals surface area (Å²) in [7, 11) is 0. The predicted molar refractivity (Wildman–Crippen MR) is 106 cm³/mol. The van der Waals surface area contributed by atoms with E-state index in [0.29, 0.717) is 28.6 Å². The molecular formula is C20H18ClN3O4. The predicted octanol–water partition coefficient (Wildman–Crippen LogP) is 3.28. The lowest BCUT2D eigenvalue weighted by molar-refractivity contribution is -0.119. The zero-order valence-electron chi connectivity index (χ0n) is 15.1. The Hall–Kier alpha value is -3.32. The first kappa shape index (κ1) is 19.4. The zero-order valence-corrected chi connectivity index (χ0v) is 15.8. The Morgan fingerprint density at radius 1 is 1.14 bits per heavy atom. The van der Waals surface area contributed by atoms with Gasteiger partial charge >= 0.3 is 5.97 Å². The van der Waals surface area contributed by atoms with Crippen LogP contribution in [0.15, 0.2) is 60.3 Å². The summed E-state index contributed by atoms with van der Waals surface area (Å²) in [6.45, 7) is 2.02. The minimum absolute atomic E-state index is 0.0835. The van der Waals surface area contributed by atoms with Gasteiger partial charge in [0.25, 0.3) is 5.91 Å². The molecule has 0 unspecified atom stereocenters. The number of halogens is 1. The van der Waals surface area contributed by atoms with Gasteiger partial charge in [-0.25, -0.2) is 9.80 Å². The molecule has 1 aliphatic rings. The number of nitrogens with zero attached hydrogens (tertiary/aromatic N) is 1. The lowest BCUT2D eigenvalue weighted by Crippen LogP contribution is -2.47. The minimum Gasteiger partial charge on any atom is -0.462 e. The Kier molecular flexibility index (Phi) is 5.96. The molecule has 2 N–H and O–H groups in total. The van der Waals surface area contributed by atoms with Crippen molar-refractivity contribution in [3.05, 3.63) is 70.9 Å². The Balaban J connectivity index is 1.68. The van der Waals surface area contributed by atoms with Gasteiger partial charge in [0.05, 0.1) is 17.9 Å². The lowest BCUT2D eigenvalue weighted by atomic mass is 10.2. The van der Waals surface area contributed by atoms with Gasteiger partial charge in [-0.1, -0.05) is 11.6 Å². The van der Waals surface area contributed by atoms with E-state index in [2.05, 4.69) is 10.7 Å². The van der Waals surface area contributed by atoms with Gasteiger partial charge in [0, 0.05) is 17.1 Å². The Labute approximate surface area is 166 Å². The summed E-state index contributed by atoms with van der Waals surface area (Å²) in [5, 5.41) is 4.57. The van der Waals surface area contributed by atoms with E-state index >= 15 is 0 Å². The standard InChI is InChI=1S/C20H18ClN3O4/c1-2-28-20(27)13-3-7-15(8-4-13)22-19(26)17-11-12-18(25)24(23-17)16-9-5-14(21)6-10-16/h3-11,23H,2,12H2,1H3,(H,22,26). The highest BCUT2D eigenvalue weighted by atomic mass is 35.5. The molecule has 2 aromatic carbocycles. The van der Waals surface area contributed by atoms with E-state index in [1.165, 1.54) is 11.1 Å². The largest absolute Gasteiger partial charge is 0.462 e. The molecule has 0 aromatic heterocycles. The molecule has 2 amide bonds. The molecule has 0 atom stereocenters. The number of hydrogen-bond donors (Lipinski definition) is 2. The van der Waals surface area contributed by atoms with Crippen LogP contribution in [0.4, 0.5) is 11.4 Å². The summed E-state index contributed by atoms with van der Waals surface area (Å²) in [5.41, 5.74) is 4.54. The van der Waals surface area contributed by atoms with Crippen molar-refractivity contribution in [2.75, 3.05) is 16.9 Å². The summed E-state index contributed by atoms with van der Waals surface area (Å²) in [6.07, 6.45) is 1.61. The number of carbonyl (C=O) groups is 3. The molecule has 0 bridgehead atoms. The minimum atomic E-state index is -0.422. The smallest absolute Gasteiger partial charge is 0.338 e. The maximum Gasteiger partial charge on any atom is 0.338 e. The third-order valence-corrected chi connectivity index (χ3v) is 4.20. The number of carbonyl (C=O) groups excluding carboxylic acids is 3. The van der Waals surface area contributed by atoms with Crippen LogP contribution in [0.1, 0.15) is 23.7 Å². The summed E-state index contributed by atoms with van der Waals surface area (Å²) in [4.78, 5) is 36.4. The third kappa shape index (κ3) is 4.50. The van der Waals surface area contributed by atoms with Crippen molar-refractivity contribution < 1.29 is 19.1 Å². The zero-order chi connectivity index (χ0) is 20.1. The fourth-order valence-corrected chi connectivity index (χ4v) is 2.68. The Morgan fingerprint density at radius 3 is 2.46 bits per heavy atom. The average Bonchev–Trinajstić information content (AvgIpc) is 2.70. The molecule has 28 heavy (non-hydrogen) atoms. The van der Waals surface area contributed by atoms with E-state index in [1.54, 1.807) is 55.5 Å². The number of hydrazine groups is 1. The van der Waals surface area contributed by atoms with E-state index in [-0.39, 0.29) is 18.0 Å². The van der Waals surface area contributed by atoms with Crippen molar-refractivity contribution in [3.63, 3.8) is 0 Å². The molecule has 2 aromatic rings. The molecule has 0 saturated carbocycles. The van der Waals surface area contributed by atoms with Crippen molar-refractivity contribution in [1.29, 1.82) is 0 Å². The first-order valence-electron chi connectivity index (χ1n) is 8.62. The fraction of sp³-hybridized carbons (Fsp3) is 0.150. The molecule has 0 fully saturated rings. The molecule has 0 radical (unpaired) electrons. The summed E-state index contributed by atoms with van der Waals surface area (Å²) < 4.78 is 4.92. The lowest BCUT2D eigenvalue weighted by Gasteiger charge is -2.28. The van der Waals surface area contributed by atoms with Crippen molar-refractivity contribution in [3.8, 4) is 0 Å². The van der Waals surface area contributed by atoms with E-state index in [9.17, 15) is 14.4 Å². The van der Waals surface area contributed by atoms with Crippen molar-refractivity contribution in [1.82, 2.24) is 5.43 Å². The summed E-state index contributed by atoms with van der Waals surface area (Å²) >= 11 is 5.88. The maximum absolute atomic E-state index is 12.5. The molecule has 1 heterocycles. The highest BCUT2D eigenvalue weighted by Crippen LogP contribution is 2.21. The second-order valence-corrected chi connectivity index (χ2v) is 6.33. The molecule has 8 heteroatoms. The van der Waals surface area contributed by atoms with E-state index in [4.69, 9.17) is 16.3 Å². The Bertz CT molecular complexity index is 923. The van der Waals surface area contributed by atoms with Crippen LogP contribution in [0.25, 0.3) is 0 Å². The first-order valence-corrected chi connectivity index (χ1v) is 8.99. The SMILES string of the molecule is CCOC(=O)c1ccc(NC(=O)C2=CCC(=O)N(c3ccc(Cl)cc3)N2)cc1. The molecule has 3 rings (SSSR count). The molecule has 0 spiro atoms. The molecule has 0 aliphatic carbocycles. The quantitative estimate of drug-likeness (QED) is 0.753. The van der Waals surface area contributed by atoms with Crippen LogP contribution in [0.2, 0.25) is 5.02 Å². The second kappa shape index (κ2) is 8.58. The fourth-order valence-electron chi connectivity index (χ4n) is 2.55. The summed E-state index contributed by atoms with van der Waals surface area (Å²) in [5.74, 6) is -1.03. The number of hydrogen-bond acceptors (Lipinski definition) is 5. The van der Waals surface area contributed by atoms with Crippen LogP contribution in [0, 0.1) is 0 Å². The molecule has 144 valence electrons. The van der Waals surface area contributed by atoms with Crippen molar-refractivity contribution >= 4 is 40.8 Å². The van der Waals surface area contributed by atoms with Crippen molar-refractivity contribution in [2.24, 2.45) is 0 Å². The van der Waals surface area contributed by atoms with E-state index in [0.717, 1.165) is 0 Å². The number of esters is 1. The van der Waals surface area contributed by atoms with Gasteiger partial charge in [-0.05, 0) is 61.5 Å². The van der Waals surface area contributed by atoms with Crippen LogP contribution in [-0.4, -0.2) is 24.4 Å². The topological polar surface area (TPSA) is 87.7 Å². The van der Waals surface area contributed by atoms with E-state index in [1.807, 2.05) is 0 Å².